The number of carbonyl (C=O) groups is 2. The highest BCUT2D eigenvalue weighted by molar-refractivity contribution is 6.30. The first kappa shape index (κ1) is 32.3. The smallest absolute Gasteiger partial charge is 0.319 e. The van der Waals surface area contributed by atoms with Gasteiger partial charge in [-0.2, -0.15) is 0 Å². The SMILES string of the molecule is O=C1NC2=CC(=NC(=O)c3ccc4c(c3)nc(CN3CCC(c5cccc(OCc6ccc(Cl)cc6F)n5)CC3)n4C[C@@H]3CCO3)C=CC2N1. The van der Waals surface area contributed by atoms with E-state index in [-0.39, 0.29) is 36.6 Å². The quantitative estimate of drug-likeness (QED) is 0.231. The maximum absolute atomic E-state index is 14.2. The minimum atomic E-state index is -0.401. The number of nitrogens with zero attached hydrogens (tertiary/aromatic N) is 5. The number of halogens is 2. The molecule has 3 saturated heterocycles. The van der Waals surface area contributed by atoms with Crippen molar-refractivity contribution in [1.29, 1.82) is 0 Å². The van der Waals surface area contributed by atoms with Gasteiger partial charge in [-0.05, 0) is 80.9 Å². The molecule has 50 heavy (non-hydrogen) atoms. The Kier molecular flexibility index (Phi) is 8.90. The van der Waals surface area contributed by atoms with Gasteiger partial charge in [0.1, 0.15) is 18.2 Å². The summed E-state index contributed by atoms with van der Waals surface area (Å²) >= 11 is 5.87. The Morgan fingerprint density at radius 2 is 1.96 bits per heavy atom. The second-order valence-electron chi connectivity index (χ2n) is 13.0. The summed E-state index contributed by atoms with van der Waals surface area (Å²) in [5, 5.41) is 5.86. The maximum Gasteiger partial charge on any atom is 0.319 e. The van der Waals surface area contributed by atoms with E-state index >= 15 is 0 Å². The van der Waals surface area contributed by atoms with Crippen LogP contribution in [0, 0.1) is 5.82 Å². The topological polar surface area (TPSA) is 123 Å². The maximum atomic E-state index is 14.2. The third-order valence-electron chi connectivity index (χ3n) is 9.63. The fourth-order valence-corrected chi connectivity index (χ4v) is 6.94. The van der Waals surface area contributed by atoms with Gasteiger partial charge in [-0.3, -0.25) is 9.69 Å². The van der Waals surface area contributed by atoms with Crippen molar-refractivity contribution < 1.29 is 23.5 Å². The molecule has 2 aromatic carbocycles. The molecule has 1 unspecified atom stereocenters. The van der Waals surface area contributed by atoms with Crippen molar-refractivity contribution in [3.05, 3.63) is 112 Å². The lowest BCUT2D eigenvalue weighted by atomic mass is 9.93. The van der Waals surface area contributed by atoms with Crippen LogP contribution in [0.4, 0.5) is 9.18 Å². The summed E-state index contributed by atoms with van der Waals surface area (Å²) < 4.78 is 28.1. The fourth-order valence-electron chi connectivity index (χ4n) is 6.78. The lowest BCUT2D eigenvalue weighted by molar-refractivity contribution is -0.0592. The predicted octanol–water partition coefficient (Wildman–Crippen LogP) is 5.69. The molecule has 8 rings (SSSR count). The van der Waals surface area contributed by atoms with E-state index in [1.165, 1.54) is 6.07 Å². The summed E-state index contributed by atoms with van der Waals surface area (Å²) in [5.74, 6) is 0.905. The molecule has 11 nitrogen and oxygen atoms in total. The van der Waals surface area contributed by atoms with Crippen molar-refractivity contribution >= 4 is 40.3 Å². The van der Waals surface area contributed by atoms with Crippen molar-refractivity contribution in [3.8, 4) is 5.88 Å². The number of rotatable bonds is 9. The number of nitrogens with one attached hydrogen (secondary N) is 2. The number of imidazole rings is 1. The van der Waals surface area contributed by atoms with Gasteiger partial charge >= 0.3 is 6.03 Å². The number of ether oxygens (including phenoxy) is 2. The zero-order valence-corrected chi connectivity index (χ0v) is 27.9. The molecule has 3 fully saturated rings. The van der Waals surface area contributed by atoms with Gasteiger partial charge in [-0.25, -0.2) is 24.1 Å². The molecule has 1 aliphatic carbocycles. The Labute approximate surface area is 292 Å². The standard InChI is InChI=1S/C37H35ClFN7O4/c38-25-6-4-24(28(39)17-25)21-50-35-3-1-2-29(42-35)22-10-13-45(14-11-22)20-34-41-32-16-23(5-9-33(32)46(34)19-27-12-15-49-27)36(47)40-26-7-8-30-31(18-26)44-37(48)43-30/h1-9,16-18,22,27,30H,10-15,19-21H2,(H2,43,44,48)/t27-,30?/m0/s1. The van der Waals surface area contributed by atoms with E-state index in [0.717, 1.165) is 61.5 Å². The van der Waals surface area contributed by atoms with E-state index in [1.54, 1.807) is 48.6 Å². The molecule has 4 aliphatic rings. The van der Waals surface area contributed by atoms with Crippen molar-refractivity contribution in [2.45, 2.75) is 57.0 Å². The van der Waals surface area contributed by atoms with Crippen molar-refractivity contribution in [1.82, 2.24) is 30.1 Å². The van der Waals surface area contributed by atoms with Crippen LogP contribution < -0.4 is 15.4 Å². The number of amides is 3. The minimum absolute atomic E-state index is 0.0728. The van der Waals surface area contributed by atoms with Crippen molar-refractivity contribution in [3.63, 3.8) is 0 Å². The number of fused-ring (bicyclic) bond motifs is 2. The van der Waals surface area contributed by atoms with Crippen molar-refractivity contribution in [2.75, 3.05) is 19.7 Å². The Balaban J connectivity index is 0.940. The zero-order valence-electron chi connectivity index (χ0n) is 27.1. The van der Waals surface area contributed by atoms with Gasteiger partial charge in [0.25, 0.3) is 5.91 Å². The number of aliphatic imine (C=N–C) groups is 1. The molecule has 4 aromatic rings. The summed E-state index contributed by atoms with van der Waals surface area (Å²) in [6.07, 6.45) is 8.25. The number of allylic oxidation sites excluding steroid dienone is 2. The predicted molar refractivity (Wildman–Crippen MR) is 186 cm³/mol. The van der Waals surface area contributed by atoms with E-state index in [2.05, 4.69) is 25.1 Å². The van der Waals surface area contributed by atoms with Crippen LogP contribution in [0.2, 0.25) is 5.02 Å². The molecular weight excluding hydrogens is 661 g/mol. The molecule has 0 saturated carbocycles. The van der Waals surface area contributed by atoms with Crippen LogP contribution in [0.5, 0.6) is 5.88 Å². The largest absolute Gasteiger partial charge is 0.473 e. The molecule has 0 radical (unpaired) electrons. The van der Waals surface area contributed by atoms with Crippen LogP contribution in [-0.4, -0.2) is 68.9 Å². The zero-order chi connectivity index (χ0) is 34.2. The third-order valence-corrected chi connectivity index (χ3v) is 9.87. The first-order valence-corrected chi connectivity index (χ1v) is 17.2. The lowest BCUT2D eigenvalue weighted by Gasteiger charge is -2.32. The Morgan fingerprint density at radius 3 is 2.76 bits per heavy atom. The van der Waals surface area contributed by atoms with Gasteiger partial charge in [0.05, 0.1) is 42.0 Å². The number of likely N-dealkylation sites (tertiary alicyclic amines) is 1. The number of carbonyl (C=O) groups excluding carboxylic acids is 2. The normalized spacial score (nSPS) is 21.4. The summed E-state index contributed by atoms with van der Waals surface area (Å²) in [6.45, 7) is 3.96. The Bertz CT molecular complexity index is 2070. The molecule has 2 aromatic heterocycles. The number of benzene rings is 2. The molecular formula is C37H35ClFN7O4. The second kappa shape index (κ2) is 13.8. The molecule has 0 spiro atoms. The summed E-state index contributed by atoms with van der Waals surface area (Å²) in [6, 6.07) is 15.4. The summed E-state index contributed by atoms with van der Waals surface area (Å²) in [5.41, 5.74) is 4.69. The fraction of sp³-hybridized carbons (Fsp3) is 0.324. The Morgan fingerprint density at radius 1 is 1.10 bits per heavy atom. The van der Waals surface area contributed by atoms with Gasteiger partial charge < -0.3 is 24.7 Å². The van der Waals surface area contributed by atoms with E-state index in [1.807, 2.05) is 18.2 Å². The molecule has 3 amide bonds. The highest BCUT2D eigenvalue weighted by Crippen LogP contribution is 2.30. The highest BCUT2D eigenvalue weighted by atomic mass is 35.5. The van der Waals surface area contributed by atoms with Gasteiger partial charge in [0, 0.05) is 46.1 Å². The van der Waals surface area contributed by atoms with Gasteiger partial charge in [0.15, 0.2) is 0 Å². The number of hydrogen-bond donors (Lipinski definition) is 2. The van der Waals surface area contributed by atoms with Gasteiger partial charge in [-0.1, -0.05) is 29.8 Å². The molecule has 5 heterocycles. The number of pyridine rings is 1. The monoisotopic (exact) mass is 695 g/mol. The van der Waals surface area contributed by atoms with Crippen LogP contribution in [0.15, 0.2) is 83.5 Å². The summed E-state index contributed by atoms with van der Waals surface area (Å²) in [7, 11) is 0. The van der Waals surface area contributed by atoms with Crippen LogP contribution in [0.1, 0.15) is 52.6 Å². The van der Waals surface area contributed by atoms with E-state index in [9.17, 15) is 14.0 Å². The molecule has 2 atom stereocenters. The minimum Gasteiger partial charge on any atom is -0.473 e. The molecule has 2 N–H and O–H groups in total. The number of hydrogen-bond acceptors (Lipinski definition) is 7. The van der Waals surface area contributed by atoms with E-state index in [0.29, 0.717) is 46.5 Å². The van der Waals surface area contributed by atoms with E-state index in [4.69, 9.17) is 31.0 Å². The van der Waals surface area contributed by atoms with Gasteiger partial charge in [0.2, 0.25) is 5.88 Å². The lowest BCUT2D eigenvalue weighted by Crippen LogP contribution is -2.35. The Hall–Kier alpha value is -4.91. The second-order valence-corrected chi connectivity index (χ2v) is 13.4. The molecule has 13 heteroatoms. The summed E-state index contributed by atoms with van der Waals surface area (Å²) in [4.78, 5) is 41.3. The first-order valence-electron chi connectivity index (χ1n) is 16.8. The highest BCUT2D eigenvalue weighted by Gasteiger charge is 2.28. The van der Waals surface area contributed by atoms with Crippen LogP contribution in [0.25, 0.3) is 11.0 Å². The van der Waals surface area contributed by atoms with Crippen molar-refractivity contribution in [2.24, 2.45) is 4.99 Å². The number of aromatic nitrogens is 3. The average molecular weight is 696 g/mol. The van der Waals surface area contributed by atoms with Crippen LogP contribution >= 0.6 is 11.6 Å². The van der Waals surface area contributed by atoms with E-state index < -0.39 is 5.82 Å². The molecule has 256 valence electrons. The average Bonchev–Trinajstić information content (AvgIpc) is 3.64. The third kappa shape index (κ3) is 6.91. The van der Waals surface area contributed by atoms with Crippen LogP contribution in [-0.2, 0) is 24.4 Å². The van der Waals surface area contributed by atoms with Crippen LogP contribution in [0.3, 0.4) is 0 Å². The number of piperidine rings is 1. The number of urea groups is 1. The van der Waals surface area contributed by atoms with Gasteiger partial charge in [-0.15, -0.1) is 0 Å². The molecule has 0 bridgehead atoms. The molecule has 3 aliphatic heterocycles. The first-order chi connectivity index (χ1) is 24.3.